The number of para-hydroxylation sites is 1. The number of nitrogens with zero attached hydrogens (tertiary/aromatic N) is 3. The van der Waals surface area contributed by atoms with Crippen molar-refractivity contribution >= 4 is 11.8 Å². The molecule has 4 rings (SSSR count). The van der Waals surface area contributed by atoms with E-state index in [0.717, 1.165) is 38.8 Å². The summed E-state index contributed by atoms with van der Waals surface area (Å²) in [4.78, 5) is 33.8. The highest BCUT2D eigenvalue weighted by atomic mass is 16.5. The van der Waals surface area contributed by atoms with Crippen LogP contribution in [0.2, 0.25) is 0 Å². The summed E-state index contributed by atoms with van der Waals surface area (Å²) < 4.78 is 11.2. The predicted molar refractivity (Wildman–Crippen MR) is 107 cm³/mol. The van der Waals surface area contributed by atoms with Gasteiger partial charge < -0.3 is 19.0 Å². The summed E-state index contributed by atoms with van der Waals surface area (Å²) in [6, 6.07) is 7.29. The molecule has 0 saturated carbocycles. The third kappa shape index (κ3) is 3.86. The molecule has 0 spiro atoms. The second-order valence-electron chi connectivity index (χ2n) is 7.72. The van der Waals surface area contributed by atoms with Crippen molar-refractivity contribution in [3.8, 4) is 5.75 Å². The van der Waals surface area contributed by atoms with E-state index in [1.165, 1.54) is 0 Å². The molecule has 0 N–H and O–H groups in total. The van der Waals surface area contributed by atoms with E-state index in [9.17, 15) is 9.59 Å². The molecule has 2 aliphatic heterocycles. The van der Waals surface area contributed by atoms with E-state index in [-0.39, 0.29) is 17.7 Å². The molecule has 0 bridgehead atoms. The minimum absolute atomic E-state index is 0.0191. The molecule has 1 aromatic heterocycles. The van der Waals surface area contributed by atoms with Gasteiger partial charge in [0, 0.05) is 32.1 Å². The zero-order chi connectivity index (χ0) is 20.4. The molecule has 2 saturated heterocycles. The number of carbonyl (C=O) groups excluding carboxylic acids is 2. The van der Waals surface area contributed by atoms with Gasteiger partial charge in [0.2, 0.25) is 0 Å². The fraction of sp³-hybridized carbons (Fsp3) is 0.500. The summed E-state index contributed by atoms with van der Waals surface area (Å²) in [5, 5.41) is 0. The van der Waals surface area contributed by atoms with E-state index in [2.05, 4.69) is 4.98 Å². The van der Waals surface area contributed by atoms with Crippen LogP contribution in [-0.4, -0.2) is 59.9 Å². The lowest BCUT2D eigenvalue weighted by atomic mass is 9.96. The van der Waals surface area contributed by atoms with E-state index >= 15 is 0 Å². The van der Waals surface area contributed by atoms with Gasteiger partial charge in [-0.3, -0.25) is 9.59 Å². The fourth-order valence-corrected chi connectivity index (χ4v) is 4.18. The second kappa shape index (κ2) is 8.27. The van der Waals surface area contributed by atoms with Crippen LogP contribution in [0.5, 0.6) is 5.75 Å². The van der Waals surface area contributed by atoms with Crippen LogP contribution in [0.25, 0.3) is 0 Å². The highest BCUT2D eigenvalue weighted by Crippen LogP contribution is 2.31. The summed E-state index contributed by atoms with van der Waals surface area (Å²) in [5.41, 5.74) is 1.02. The molecular weight excluding hydrogens is 370 g/mol. The monoisotopic (exact) mass is 397 g/mol. The first-order valence-electron chi connectivity index (χ1n) is 10.3. The molecule has 0 aliphatic carbocycles. The van der Waals surface area contributed by atoms with Crippen LogP contribution >= 0.6 is 0 Å². The van der Waals surface area contributed by atoms with Gasteiger partial charge in [0.15, 0.2) is 11.6 Å². The Morgan fingerprint density at radius 2 is 1.69 bits per heavy atom. The zero-order valence-corrected chi connectivity index (χ0v) is 17.0. The summed E-state index contributed by atoms with van der Waals surface area (Å²) in [6.45, 7) is 4.64. The van der Waals surface area contributed by atoms with E-state index in [4.69, 9.17) is 9.15 Å². The predicted octanol–water partition coefficient (Wildman–Crippen LogP) is 3.25. The molecule has 154 valence electrons. The maximum atomic E-state index is 12.9. The van der Waals surface area contributed by atoms with Gasteiger partial charge in [-0.2, -0.15) is 0 Å². The van der Waals surface area contributed by atoms with Crippen LogP contribution in [-0.2, 0) is 0 Å². The number of aryl methyl sites for hydroxylation is 1. The van der Waals surface area contributed by atoms with Crippen LogP contribution in [0, 0.1) is 6.92 Å². The first kappa shape index (κ1) is 19.5. The number of piperidine rings is 1. The molecule has 7 nitrogen and oxygen atoms in total. The Balaban J connectivity index is 1.41. The highest BCUT2D eigenvalue weighted by Gasteiger charge is 2.31. The average molecular weight is 397 g/mol. The minimum Gasteiger partial charge on any atom is -0.496 e. The minimum atomic E-state index is -0.0289. The maximum absolute atomic E-state index is 12.9. The van der Waals surface area contributed by atoms with Crippen molar-refractivity contribution in [3.63, 3.8) is 0 Å². The van der Waals surface area contributed by atoms with E-state index in [1.807, 2.05) is 21.9 Å². The second-order valence-corrected chi connectivity index (χ2v) is 7.72. The van der Waals surface area contributed by atoms with Crippen molar-refractivity contribution < 1.29 is 18.7 Å². The Bertz CT molecular complexity index is 893. The number of ether oxygens (including phenoxy) is 1. The first-order chi connectivity index (χ1) is 14.1. The fourth-order valence-electron chi connectivity index (χ4n) is 4.18. The Morgan fingerprint density at radius 3 is 2.38 bits per heavy atom. The number of hydrogen-bond donors (Lipinski definition) is 0. The number of oxazole rings is 1. The van der Waals surface area contributed by atoms with Crippen LogP contribution in [0.4, 0.5) is 0 Å². The quantitative estimate of drug-likeness (QED) is 0.792. The van der Waals surface area contributed by atoms with Crippen molar-refractivity contribution in [1.82, 2.24) is 14.8 Å². The number of aromatic nitrogens is 1. The summed E-state index contributed by atoms with van der Waals surface area (Å²) >= 11 is 0. The Labute approximate surface area is 170 Å². The molecule has 2 aromatic rings. The van der Waals surface area contributed by atoms with Crippen molar-refractivity contribution in [2.24, 2.45) is 0 Å². The lowest BCUT2D eigenvalue weighted by molar-refractivity contribution is 0.0702. The topological polar surface area (TPSA) is 75.9 Å². The number of benzene rings is 1. The molecule has 7 heteroatoms. The molecule has 3 heterocycles. The largest absolute Gasteiger partial charge is 0.496 e. The Morgan fingerprint density at radius 1 is 1.03 bits per heavy atom. The number of hydrogen-bond acceptors (Lipinski definition) is 5. The molecule has 29 heavy (non-hydrogen) atoms. The SMILES string of the molecule is COc1ccccc1C(=O)N1CCC(c2nc(C(=O)N3CCCC3)c(C)o2)CC1. The number of rotatable bonds is 4. The maximum Gasteiger partial charge on any atom is 0.276 e. The summed E-state index contributed by atoms with van der Waals surface area (Å²) in [7, 11) is 1.57. The molecule has 2 aliphatic rings. The van der Waals surface area contributed by atoms with Crippen LogP contribution in [0.15, 0.2) is 28.7 Å². The van der Waals surface area contributed by atoms with Crippen LogP contribution in [0.3, 0.4) is 0 Å². The molecule has 0 atom stereocenters. The standard InChI is InChI=1S/C22H27N3O4/c1-15-19(22(27)24-11-5-6-12-24)23-20(29-15)16-9-13-25(14-10-16)21(26)17-7-3-4-8-18(17)28-2/h3-4,7-8,16H,5-6,9-14H2,1-2H3. The van der Waals surface area contributed by atoms with Crippen LogP contribution in [0.1, 0.15) is 64.1 Å². The summed E-state index contributed by atoms with van der Waals surface area (Å²) in [6.07, 6.45) is 3.62. The van der Waals surface area contributed by atoms with Gasteiger partial charge in [0.25, 0.3) is 11.8 Å². The summed E-state index contributed by atoms with van der Waals surface area (Å²) in [5.74, 6) is 1.87. The van der Waals surface area contributed by atoms with Crippen molar-refractivity contribution in [2.45, 2.75) is 38.5 Å². The Kier molecular flexibility index (Phi) is 5.56. The normalized spacial score (nSPS) is 17.6. The average Bonchev–Trinajstić information content (AvgIpc) is 3.43. The number of methoxy groups -OCH3 is 1. The van der Waals surface area contributed by atoms with Gasteiger partial charge in [-0.05, 0) is 44.7 Å². The number of likely N-dealkylation sites (tertiary alicyclic amines) is 2. The third-order valence-corrected chi connectivity index (χ3v) is 5.88. The number of amides is 2. The molecule has 2 amide bonds. The molecule has 0 radical (unpaired) electrons. The van der Waals surface area contributed by atoms with Gasteiger partial charge in [-0.25, -0.2) is 4.98 Å². The molecule has 2 fully saturated rings. The van der Waals surface area contributed by atoms with Gasteiger partial charge in [-0.15, -0.1) is 0 Å². The lowest BCUT2D eigenvalue weighted by Crippen LogP contribution is -2.38. The van der Waals surface area contributed by atoms with Crippen LogP contribution < -0.4 is 4.74 Å². The molecule has 1 aromatic carbocycles. The molecule has 0 unspecified atom stereocenters. The van der Waals surface area contributed by atoms with Gasteiger partial charge in [0.1, 0.15) is 11.5 Å². The zero-order valence-electron chi connectivity index (χ0n) is 17.0. The van der Waals surface area contributed by atoms with E-state index in [1.54, 1.807) is 26.2 Å². The number of carbonyl (C=O) groups is 2. The highest BCUT2D eigenvalue weighted by molar-refractivity contribution is 5.97. The smallest absolute Gasteiger partial charge is 0.276 e. The third-order valence-electron chi connectivity index (χ3n) is 5.88. The van der Waals surface area contributed by atoms with Crippen molar-refractivity contribution in [2.75, 3.05) is 33.3 Å². The van der Waals surface area contributed by atoms with Gasteiger partial charge >= 0.3 is 0 Å². The molecular formula is C22H27N3O4. The van der Waals surface area contributed by atoms with Crippen molar-refractivity contribution in [1.29, 1.82) is 0 Å². The Hall–Kier alpha value is -2.83. The lowest BCUT2D eigenvalue weighted by Gasteiger charge is -2.31. The van der Waals surface area contributed by atoms with Gasteiger partial charge in [-0.1, -0.05) is 12.1 Å². The van der Waals surface area contributed by atoms with Crippen molar-refractivity contribution in [3.05, 3.63) is 47.2 Å². The van der Waals surface area contributed by atoms with E-state index in [0.29, 0.717) is 41.7 Å². The van der Waals surface area contributed by atoms with E-state index < -0.39 is 0 Å². The first-order valence-corrected chi connectivity index (χ1v) is 10.3. The van der Waals surface area contributed by atoms with Gasteiger partial charge in [0.05, 0.1) is 12.7 Å².